The summed E-state index contributed by atoms with van der Waals surface area (Å²) in [4.78, 5) is 23.7. The summed E-state index contributed by atoms with van der Waals surface area (Å²) in [5.74, 6) is 0.640. The van der Waals surface area contributed by atoms with Crippen molar-refractivity contribution in [1.29, 1.82) is 0 Å². The van der Waals surface area contributed by atoms with Gasteiger partial charge in [-0.1, -0.05) is 0 Å². The topological polar surface area (TPSA) is 64.7 Å². The molecule has 0 fully saturated rings. The van der Waals surface area contributed by atoms with Crippen LogP contribution in [0.5, 0.6) is 0 Å². The van der Waals surface area contributed by atoms with Gasteiger partial charge in [0.15, 0.2) is 0 Å². The summed E-state index contributed by atoms with van der Waals surface area (Å²) in [7, 11) is 1.79. The summed E-state index contributed by atoms with van der Waals surface area (Å²) >= 11 is 1.69. The number of fused-ring (bicyclic) bond motifs is 3. The van der Waals surface area contributed by atoms with Crippen molar-refractivity contribution in [2.45, 2.75) is 32.2 Å². The normalized spacial score (nSPS) is 14.1. The molecule has 120 valence electrons. The molecule has 4 rings (SSSR count). The lowest BCUT2D eigenvalue weighted by atomic mass is 9.97. The van der Waals surface area contributed by atoms with Crippen LogP contribution in [0.3, 0.4) is 0 Å². The zero-order valence-electron chi connectivity index (χ0n) is 13.1. The Morgan fingerprint density at radius 3 is 3.04 bits per heavy atom. The molecule has 7 heteroatoms. The number of imidazole rings is 1. The first-order valence-corrected chi connectivity index (χ1v) is 8.76. The highest BCUT2D eigenvalue weighted by Crippen LogP contribution is 2.34. The molecule has 0 aromatic carbocycles. The fraction of sp³-hybridized carbons (Fsp3) is 0.438. The summed E-state index contributed by atoms with van der Waals surface area (Å²) in [5, 5.41) is 4.11. The third kappa shape index (κ3) is 2.55. The minimum atomic E-state index is 0.0690. The molecule has 23 heavy (non-hydrogen) atoms. The Hall–Kier alpha value is -2.15. The van der Waals surface area contributed by atoms with E-state index in [1.807, 2.05) is 10.8 Å². The fourth-order valence-corrected chi connectivity index (χ4v) is 4.41. The lowest BCUT2D eigenvalue weighted by Crippen LogP contribution is -2.24. The fourth-order valence-electron chi connectivity index (χ4n) is 3.16. The van der Waals surface area contributed by atoms with Gasteiger partial charge in [-0.3, -0.25) is 9.36 Å². The van der Waals surface area contributed by atoms with Crippen LogP contribution in [0, 0.1) is 0 Å². The van der Waals surface area contributed by atoms with Crippen LogP contribution >= 0.6 is 11.3 Å². The zero-order chi connectivity index (χ0) is 15.8. The molecule has 3 aromatic heterocycles. The molecule has 0 bridgehead atoms. The Balaban J connectivity index is 1.65. The molecule has 0 unspecified atom stereocenters. The van der Waals surface area contributed by atoms with Crippen molar-refractivity contribution in [2.75, 3.05) is 11.9 Å². The van der Waals surface area contributed by atoms with Crippen LogP contribution in [0.15, 0.2) is 23.5 Å². The van der Waals surface area contributed by atoms with Crippen molar-refractivity contribution in [3.05, 3.63) is 39.5 Å². The maximum absolute atomic E-state index is 12.7. The Morgan fingerprint density at radius 2 is 2.22 bits per heavy atom. The lowest BCUT2D eigenvalue weighted by Gasteiger charge is -2.12. The zero-order valence-corrected chi connectivity index (χ0v) is 13.9. The number of nitrogens with one attached hydrogen (secondary N) is 1. The van der Waals surface area contributed by atoms with E-state index >= 15 is 0 Å². The summed E-state index contributed by atoms with van der Waals surface area (Å²) in [6, 6.07) is 0. The van der Waals surface area contributed by atoms with Gasteiger partial charge in [0.25, 0.3) is 5.56 Å². The largest absolute Gasteiger partial charge is 0.354 e. The van der Waals surface area contributed by atoms with E-state index in [9.17, 15) is 4.79 Å². The minimum absolute atomic E-state index is 0.0690. The van der Waals surface area contributed by atoms with Gasteiger partial charge in [0, 0.05) is 37.4 Å². The highest BCUT2D eigenvalue weighted by Gasteiger charge is 2.20. The van der Waals surface area contributed by atoms with Crippen molar-refractivity contribution < 1.29 is 0 Å². The molecule has 1 N–H and O–H groups in total. The summed E-state index contributed by atoms with van der Waals surface area (Å²) in [6.45, 7) is 1.49. The minimum Gasteiger partial charge on any atom is -0.354 e. The molecule has 0 radical (unpaired) electrons. The molecule has 0 aliphatic heterocycles. The first-order valence-electron chi connectivity index (χ1n) is 7.95. The van der Waals surface area contributed by atoms with Gasteiger partial charge in [0.05, 0.1) is 11.7 Å². The maximum Gasteiger partial charge on any atom is 0.263 e. The van der Waals surface area contributed by atoms with Gasteiger partial charge in [-0.2, -0.15) is 0 Å². The molecule has 0 atom stereocenters. The van der Waals surface area contributed by atoms with Gasteiger partial charge in [-0.05, 0) is 31.2 Å². The van der Waals surface area contributed by atoms with E-state index in [4.69, 9.17) is 4.98 Å². The average Bonchev–Trinajstić information content (AvgIpc) is 3.19. The molecule has 0 saturated heterocycles. The van der Waals surface area contributed by atoms with E-state index in [2.05, 4.69) is 10.3 Å². The second-order valence-corrected chi connectivity index (χ2v) is 7.00. The molecule has 1 aliphatic carbocycles. The third-order valence-corrected chi connectivity index (χ3v) is 5.59. The molecule has 3 heterocycles. The van der Waals surface area contributed by atoms with Gasteiger partial charge in [-0.25, -0.2) is 9.97 Å². The van der Waals surface area contributed by atoms with Crippen molar-refractivity contribution >= 4 is 27.5 Å². The Bertz CT molecular complexity index is 893. The van der Waals surface area contributed by atoms with Crippen LogP contribution < -0.4 is 10.9 Å². The second-order valence-electron chi connectivity index (χ2n) is 5.92. The van der Waals surface area contributed by atoms with E-state index in [-0.39, 0.29) is 5.56 Å². The monoisotopic (exact) mass is 329 g/mol. The van der Waals surface area contributed by atoms with Crippen LogP contribution in [0.1, 0.15) is 23.3 Å². The molecular weight excluding hydrogens is 310 g/mol. The van der Waals surface area contributed by atoms with Crippen molar-refractivity contribution in [2.24, 2.45) is 7.05 Å². The van der Waals surface area contributed by atoms with Gasteiger partial charge in [-0.15, -0.1) is 11.3 Å². The number of rotatable bonds is 4. The van der Waals surface area contributed by atoms with Crippen LogP contribution in [0.2, 0.25) is 0 Å². The van der Waals surface area contributed by atoms with Crippen molar-refractivity contribution in [3.8, 4) is 0 Å². The molecule has 3 aromatic rings. The van der Waals surface area contributed by atoms with E-state index in [1.54, 1.807) is 35.5 Å². The predicted molar refractivity (Wildman–Crippen MR) is 92.2 cm³/mol. The van der Waals surface area contributed by atoms with Crippen LogP contribution in [0.4, 0.5) is 5.95 Å². The number of hydrogen-bond donors (Lipinski definition) is 1. The standard InChI is InChI=1S/C16H19N5OS/c1-20-15(22)13-11-4-2-3-5-12(11)23-14(13)19-16(20)18-7-9-21-8-6-17-10-21/h6,8,10H,2-5,7,9H2,1H3,(H,18,19). The highest BCUT2D eigenvalue weighted by atomic mass is 32.1. The predicted octanol–water partition coefficient (Wildman–Crippen LogP) is 2.18. The molecule has 0 amide bonds. The maximum atomic E-state index is 12.7. The number of aromatic nitrogens is 4. The third-order valence-electron chi connectivity index (χ3n) is 4.41. The molecule has 0 spiro atoms. The number of aryl methyl sites for hydroxylation is 2. The van der Waals surface area contributed by atoms with E-state index in [0.29, 0.717) is 12.5 Å². The summed E-state index contributed by atoms with van der Waals surface area (Å²) in [5.41, 5.74) is 1.31. The molecule has 6 nitrogen and oxygen atoms in total. The summed E-state index contributed by atoms with van der Waals surface area (Å²) < 4.78 is 3.63. The quantitative estimate of drug-likeness (QED) is 0.797. The Labute approximate surface area is 137 Å². The van der Waals surface area contributed by atoms with Gasteiger partial charge >= 0.3 is 0 Å². The van der Waals surface area contributed by atoms with E-state index < -0.39 is 0 Å². The molecule has 1 aliphatic rings. The Kier molecular flexibility index (Phi) is 3.65. The van der Waals surface area contributed by atoms with Crippen LogP contribution in [-0.2, 0) is 26.4 Å². The molecular formula is C16H19N5OS. The number of hydrogen-bond acceptors (Lipinski definition) is 5. The number of thiophene rings is 1. The first-order chi connectivity index (χ1) is 11.2. The van der Waals surface area contributed by atoms with Crippen molar-refractivity contribution in [3.63, 3.8) is 0 Å². The van der Waals surface area contributed by atoms with Gasteiger partial charge < -0.3 is 9.88 Å². The van der Waals surface area contributed by atoms with E-state index in [0.717, 1.165) is 29.6 Å². The van der Waals surface area contributed by atoms with Crippen LogP contribution in [0.25, 0.3) is 10.2 Å². The van der Waals surface area contributed by atoms with E-state index in [1.165, 1.54) is 23.3 Å². The Morgan fingerprint density at radius 1 is 1.35 bits per heavy atom. The average molecular weight is 329 g/mol. The van der Waals surface area contributed by atoms with Crippen molar-refractivity contribution in [1.82, 2.24) is 19.1 Å². The number of nitrogens with zero attached hydrogens (tertiary/aromatic N) is 4. The first kappa shape index (κ1) is 14.4. The van der Waals surface area contributed by atoms with Gasteiger partial charge in [0.1, 0.15) is 4.83 Å². The summed E-state index contributed by atoms with van der Waals surface area (Å²) in [6.07, 6.45) is 9.96. The number of anilines is 1. The molecule has 0 saturated carbocycles. The SMILES string of the molecule is Cn1c(NCCn2ccnc2)nc2sc3c(c2c1=O)CCCC3. The second kappa shape index (κ2) is 5.81. The highest BCUT2D eigenvalue weighted by molar-refractivity contribution is 7.18. The van der Waals surface area contributed by atoms with Gasteiger partial charge in [0.2, 0.25) is 5.95 Å². The smallest absolute Gasteiger partial charge is 0.263 e. The van der Waals surface area contributed by atoms with Crippen LogP contribution in [-0.4, -0.2) is 25.6 Å². The lowest BCUT2D eigenvalue weighted by molar-refractivity contribution is 0.698.